The molecular weight excluding hydrogens is 198 g/mol. The van der Waals surface area contributed by atoms with Gasteiger partial charge in [-0.25, -0.2) is 0 Å². The molecule has 0 aliphatic carbocycles. The van der Waals surface area contributed by atoms with Crippen molar-refractivity contribution in [1.29, 1.82) is 0 Å². The summed E-state index contributed by atoms with van der Waals surface area (Å²) in [6.45, 7) is 4.94. The Morgan fingerprint density at radius 3 is 2.44 bits per heavy atom. The second kappa shape index (κ2) is 7.42. The van der Waals surface area contributed by atoms with Crippen molar-refractivity contribution in [2.75, 3.05) is 13.7 Å². The molecule has 0 saturated heterocycles. The van der Waals surface area contributed by atoms with Crippen LogP contribution in [-0.2, 0) is 11.2 Å². The minimum Gasteiger partial charge on any atom is -0.377 e. The van der Waals surface area contributed by atoms with Crippen LogP contribution in [0.15, 0.2) is 30.3 Å². The number of hydrogen-bond acceptors (Lipinski definition) is 2. The summed E-state index contributed by atoms with van der Waals surface area (Å²) in [6, 6.07) is 11.0. The summed E-state index contributed by atoms with van der Waals surface area (Å²) in [5.74, 6) is 0. The van der Waals surface area contributed by atoms with Crippen molar-refractivity contribution in [2.45, 2.75) is 38.8 Å². The summed E-state index contributed by atoms with van der Waals surface area (Å²) < 4.78 is 5.62. The second-order valence-corrected chi connectivity index (χ2v) is 4.39. The van der Waals surface area contributed by atoms with E-state index in [1.165, 1.54) is 5.56 Å². The largest absolute Gasteiger partial charge is 0.377 e. The Labute approximate surface area is 99.0 Å². The summed E-state index contributed by atoms with van der Waals surface area (Å²) in [5, 5.41) is 3.30. The lowest BCUT2D eigenvalue weighted by atomic mass is 10.1. The van der Waals surface area contributed by atoms with Crippen LogP contribution in [-0.4, -0.2) is 25.8 Å². The predicted molar refractivity (Wildman–Crippen MR) is 68.7 cm³/mol. The molecule has 0 bridgehead atoms. The van der Waals surface area contributed by atoms with E-state index in [4.69, 9.17) is 4.74 Å². The van der Waals surface area contributed by atoms with E-state index in [0.717, 1.165) is 19.4 Å². The third-order valence-electron chi connectivity index (χ3n) is 2.66. The summed E-state index contributed by atoms with van der Waals surface area (Å²) >= 11 is 0. The molecule has 0 aromatic heterocycles. The zero-order chi connectivity index (χ0) is 11.8. The fraction of sp³-hybridized carbons (Fsp3) is 0.571. The first kappa shape index (κ1) is 13.2. The number of nitrogens with one attached hydrogen (secondary N) is 1. The van der Waals surface area contributed by atoms with Gasteiger partial charge in [-0.1, -0.05) is 30.3 Å². The van der Waals surface area contributed by atoms with Crippen LogP contribution < -0.4 is 5.32 Å². The van der Waals surface area contributed by atoms with Crippen molar-refractivity contribution in [3.8, 4) is 0 Å². The highest BCUT2D eigenvalue weighted by Crippen LogP contribution is 2.05. The number of hydrogen-bond donors (Lipinski definition) is 1. The molecule has 1 atom stereocenters. The summed E-state index contributed by atoms with van der Waals surface area (Å²) in [6.07, 6.45) is 2.54. The van der Waals surface area contributed by atoms with Crippen molar-refractivity contribution in [1.82, 2.24) is 5.32 Å². The maximum Gasteiger partial charge on any atom is 0.0623 e. The smallest absolute Gasteiger partial charge is 0.0623 e. The number of likely N-dealkylation sites (N-methyl/N-ethyl adjacent to an activating group) is 1. The van der Waals surface area contributed by atoms with E-state index in [0.29, 0.717) is 12.1 Å². The lowest BCUT2D eigenvalue weighted by Crippen LogP contribution is -2.32. The van der Waals surface area contributed by atoms with Crippen molar-refractivity contribution in [2.24, 2.45) is 0 Å². The van der Waals surface area contributed by atoms with Crippen molar-refractivity contribution in [3.63, 3.8) is 0 Å². The van der Waals surface area contributed by atoms with Gasteiger partial charge in [0.05, 0.1) is 12.7 Å². The molecule has 2 nitrogen and oxygen atoms in total. The topological polar surface area (TPSA) is 21.3 Å². The van der Waals surface area contributed by atoms with Crippen LogP contribution >= 0.6 is 0 Å². The maximum atomic E-state index is 5.62. The fourth-order valence-corrected chi connectivity index (χ4v) is 1.61. The van der Waals surface area contributed by atoms with Crippen LogP contribution in [0, 0.1) is 0 Å². The normalized spacial score (nSPS) is 13.0. The van der Waals surface area contributed by atoms with Crippen LogP contribution in [0.25, 0.3) is 0 Å². The number of aryl methyl sites for hydroxylation is 1. The highest BCUT2D eigenvalue weighted by Gasteiger charge is 2.07. The van der Waals surface area contributed by atoms with Gasteiger partial charge in [0.2, 0.25) is 0 Å². The van der Waals surface area contributed by atoms with Crippen molar-refractivity contribution >= 4 is 0 Å². The molecule has 1 aromatic carbocycles. The molecule has 0 aliphatic rings. The van der Waals surface area contributed by atoms with E-state index in [1.807, 2.05) is 7.05 Å². The molecule has 16 heavy (non-hydrogen) atoms. The van der Waals surface area contributed by atoms with E-state index >= 15 is 0 Å². The number of benzene rings is 1. The van der Waals surface area contributed by atoms with Gasteiger partial charge >= 0.3 is 0 Å². The lowest BCUT2D eigenvalue weighted by molar-refractivity contribution is 0.0611. The van der Waals surface area contributed by atoms with Gasteiger partial charge in [-0.15, -0.1) is 0 Å². The molecule has 0 heterocycles. The highest BCUT2D eigenvalue weighted by molar-refractivity contribution is 5.14. The Balaban J connectivity index is 2.28. The van der Waals surface area contributed by atoms with Gasteiger partial charge < -0.3 is 10.1 Å². The predicted octanol–water partition coefficient (Wildman–Crippen LogP) is 2.63. The molecule has 0 fully saturated rings. The molecular formula is C14H23NO. The van der Waals surface area contributed by atoms with Gasteiger partial charge in [0.25, 0.3) is 0 Å². The zero-order valence-corrected chi connectivity index (χ0v) is 10.6. The van der Waals surface area contributed by atoms with Crippen molar-refractivity contribution < 1.29 is 4.74 Å². The summed E-state index contributed by atoms with van der Waals surface area (Å²) in [4.78, 5) is 0. The third-order valence-corrected chi connectivity index (χ3v) is 2.66. The number of ether oxygens (including phenoxy) is 1. The molecule has 1 rings (SSSR count). The van der Waals surface area contributed by atoms with Crippen LogP contribution in [0.5, 0.6) is 0 Å². The molecule has 1 aromatic rings. The monoisotopic (exact) mass is 221 g/mol. The molecule has 90 valence electrons. The first-order valence-corrected chi connectivity index (χ1v) is 6.05. The maximum absolute atomic E-state index is 5.62. The standard InChI is InChI=1S/C14H23NO/c1-12(2)16-11-14(15-3)10-9-13-7-5-4-6-8-13/h4-8,12,14-15H,9-11H2,1-3H3. The Hall–Kier alpha value is -0.860. The van der Waals surface area contributed by atoms with E-state index < -0.39 is 0 Å². The van der Waals surface area contributed by atoms with Gasteiger partial charge in [0.1, 0.15) is 0 Å². The Bertz CT molecular complexity index is 271. The molecule has 0 spiro atoms. The first-order chi connectivity index (χ1) is 7.72. The van der Waals surface area contributed by atoms with E-state index in [9.17, 15) is 0 Å². The summed E-state index contributed by atoms with van der Waals surface area (Å²) in [5.41, 5.74) is 1.40. The van der Waals surface area contributed by atoms with Gasteiger partial charge in [-0.05, 0) is 39.3 Å². The van der Waals surface area contributed by atoms with Crippen molar-refractivity contribution in [3.05, 3.63) is 35.9 Å². The number of rotatable bonds is 7. The van der Waals surface area contributed by atoms with Gasteiger partial charge in [-0.3, -0.25) is 0 Å². The van der Waals surface area contributed by atoms with Crippen LogP contribution in [0.4, 0.5) is 0 Å². The average molecular weight is 221 g/mol. The Morgan fingerprint density at radius 1 is 1.19 bits per heavy atom. The lowest BCUT2D eigenvalue weighted by Gasteiger charge is -2.18. The minimum atomic E-state index is 0.313. The Morgan fingerprint density at radius 2 is 1.88 bits per heavy atom. The molecule has 0 aliphatic heterocycles. The van der Waals surface area contributed by atoms with E-state index in [-0.39, 0.29) is 0 Å². The SMILES string of the molecule is CNC(CCc1ccccc1)COC(C)C. The average Bonchev–Trinajstić information content (AvgIpc) is 2.30. The van der Waals surface area contributed by atoms with Crippen LogP contribution in [0.3, 0.4) is 0 Å². The first-order valence-electron chi connectivity index (χ1n) is 6.05. The van der Waals surface area contributed by atoms with E-state index in [2.05, 4.69) is 49.5 Å². The molecule has 1 N–H and O–H groups in total. The van der Waals surface area contributed by atoms with Crippen LogP contribution in [0.2, 0.25) is 0 Å². The quantitative estimate of drug-likeness (QED) is 0.764. The van der Waals surface area contributed by atoms with Gasteiger partial charge in [-0.2, -0.15) is 0 Å². The molecule has 0 saturated carbocycles. The minimum absolute atomic E-state index is 0.313. The highest BCUT2D eigenvalue weighted by atomic mass is 16.5. The van der Waals surface area contributed by atoms with Crippen LogP contribution in [0.1, 0.15) is 25.8 Å². The zero-order valence-electron chi connectivity index (χ0n) is 10.6. The molecule has 0 amide bonds. The molecule has 2 heteroatoms. The fourth-order valence-electron chi connectivity index (χ4n) is 1.61. The molecule has 1 unspecified atom stereocenters. The van der Waals surface area contributed by atoms with Gasteiger partial charge in [0, 0.05) is 6.04 Å². The molecule has 0 radical (unpaired) electrons. The second-order valence-electron chi connectivity index (χ2n) is 4.39. The van der Waals surface area contributed by atoms with Gasteiger partial charge in [0.15, 0.2) is 0 Å². The summed E-state index contributed by atoms with van der Waals surface area (Å²) in [7, 11) is 2.00. The Kier molecular flexibility index (Phi) is 6.12. The third kappa shape index (κ3) is 5.29. The van der Waals surface area contributed by atoms with E-state index in [1.54, 1.807) is 0 Å².